The predicted octanol–water partition coefficient (Wildman–Crippen LogP) is -0.716. The third kappa shape index (κ3) is 3.00. The molecule has 1 fully saturated rings. The zero-order valence-corrected chi connectivity index (χ0v) is 7.24. The summed E-state index contributed by atoms with van der Waals surface area (Å²) in [5.74, 6) is -0.595. The van der Waals surface area contributed by atoms with Crippen LogP contribution in [0.1, 0.15) is 0 Å². The predicted molar refractivity (Wildman–Crippen MR) is 41.1 cm³/mol. The van der Waals surface area contributed by atoms with Crippen LogP contribution >= 0.6 is 0 Å². The van der Waals surface area contributed by atoms with Crippen molar-refractivity contribution in [1.29, 1.82) is 0 Å². The molecule has 6 heteroatoms. The lowest BCUT2D eigenvalue weighted by Crippen LogP contribution is -2.33. The molecular weight excluding hydrogens is 178 g/mol. The van der Waals surface area contributed by atoms with Crippen molar-refractivity contribution in [2.45, 2.75) is 6.04 Å². The van der Waals surface area contributed by atoms with Crippen LogP contribution in [0.4, 0.5) is 4.79 Å². The van der Waals surface area contributed by atoms with Crippen molar-refractivity contribution in [3.8, 4) is 0 Å². The summed E-state index contributed by atoms with van der Waals surface area (Å²) in [6, 6.07) is -0.677. The molecule has 74 valence electrons. The highest BCUT2D eigenvalue weighted by molar-refractivity contribution is 5.95. The van der Waals surface area contributed by atoms with Crippen LogP contribution in [0.3, 0.4) is 0 Å². The van der Waals surface area contributed by atoms with Gasteiger partial charge in [0, 0.05) is 7.11 Å². The van der Waals surface area contributed by atoms with Crippen molar-refractivity contribution in [1.82, 2.24) is 5.32 Å². The van der Waals surface area contributed by atoms with Gasteiger partial charge in [-0.05, 0) is 0 Å². The molecule has 0 aromatic carbocycles. The van der Waals surface area contributed by atoms with Gasteiger partial charge in [-0.2, -0.15) is 0 Å². The highest BCUT2D eigenvalue weighted by Crippen LogP contribution is 2.00. The number of carbonyl (C=O) groups is 2. The minimum Gasteiger partial charge on any atom is -0.382 e. The standard InChI is InChI=1S/C7H11NO5/c1-11-2-3-12-4-5-6(9)13-7(10)8-5/h5H,2-4H2,1H3,(H,8,10). The first-order valence-corrected chi connectivity index (χ1v) is 3.83. The number of methoxy groups -OCH3 is 1. The third-order valence-electron chi connectivity index (χ3n) is 1.49. The number of nitrogens with one attached hydrogen (secondary N) is 1. The molecule has 1 aliphatic heterocycles. The van der Waals surface area contributed by atoms with Crippen LogP contribution in [0.2, 0.25) is 0 Å². The SMILES string of the molecule is COCCOCC1NC(=O)OC1=O. The molecule has 0 aliphatic carbocycles. The van der Waals surface area contributed by atoms with Crippen molar-refractivity contribution < 1.29 is 23.8 Å². The first-order chi connectivity index (χ1) is 6.24. The molecule has 1 heterocycles. The van der Waals surface area contributed by atoms with E-state index in [0.29, 0.717) is 13.2 Å². The number of cyclic esters (lactones) is 2. The molecule has 0 saturated carbocycles. The first kappa shape index (κ1) is 9.94. The molecule has 1 amide bonds. The summed E-state index contributed by atoms with van der Waals surface area (Å²) in [6.45, 7) is 0.958. The molecule has 0 radical (unpaired) electrons. The van der Waals surface area contributed by atoms with Crippen LogP contribution in [0.15, 0.2) is 0 Å². The number of amides is 1. The van der Waals surface area contributed by atoms with E-state index in [0.717, 1.165) is 0 Å². The number of hydrogen-bond acceptors (Lipinski definition) is 5. The summed E-state index contributed by atoms with van der Waals surface area (Å²) in [6.07, 6.45) is -0.717. The van der Waals surface area contributed by atoms with Gasteiger partial charge in [0.15, 0.2) is 6.04 Å². The Morgan fingerprint density at radius 1 is 1.46 bits per heavy atom. The van der Waals surface area contributed by atoms with E-state index >= 15 is 0 Å². The van der Waals surface area contributed by atoms with Crippen LogP contribution in [0, 0.1) is 0 Å². The maximum Gasteiger partial charge on any atom is 0.415 e. The summed E-state index contributed by atoms with van der Waals surface area (Å²) >= 11 is 0. The Bertz CT molecular complexity index is 205. The van der Waals surface area contributed by atoms with Gasteiger partial charge in [0.05, 0.1) is 19.8 Å². The highest BCUT2D eigenvalue weighted by atomic mass is 16.6. The molecule has 1 rings (SSSR count). The van der Waals surface area contributed by atoms with Crippen molar-refractivity contribution in [2.24, 2.45) is 0 Å². The van der Waals surface area contributed by atoms with Crippen molar-refractivity contribution in [3.63, 3.8) is 0 Å². The Labute approximate surface area is 75.1 Å². The second kappa shape index (κ2) is 4.78. The smallest absolute Gasteiger partial charge is 0.382 e. The van der Waals surface area contributed by atoms with E-state index in [2.05, 4.69) is 10.1 Å². The van der Waals surface area contributed by atoms with Gasteiger partial charge in [0.25, 0.3) is 0 Å². The van der Waals surface area contributed by atoms with Gasteiger partial charge in [-0.1, -0.05) is 0 Å². The zero-order chi connectivity index (χ0) is 9.68. The van der Waals surface area contributed by atoms with Gasteiger partial charge in [-0.25, -0.2) is 9.59 Å². The molecule has 6 nitrogen and oxygen atoms in total. The van der Waals surface area contributed by atoms with Gasteiger partial charge in [0.2, 0.25) is 0 Å². The lowest BCUT2D eigenvalue weighted by Gasteiger charge is -2.05. The molecule has 0 aromatic rings. The summed E-state index contributed by atoms with van der Waals surface area (Å²) in [5.41, 5.74) is 0. The Morgan fingerprint density at radius 3 is 2.77 bits per heavy atom. The van der Waals surface area contributed by atoms with Crippen molar-refractivity contribution in [3.05, 3.63) is 0 Å². The summed E-state index contributed by atoms with van der Waals surface area (Å²) in [4.78, 5) is 21.3. The quantitative estimate of drug-likeness (QED) is 0.351. The van der Waals surface area contributed by atoms with Crippen LogP contribution in [-0.4, -0.2) is 45.0 Å². The Morgan fingerprint density at radius 2 is 2.23 bits per heavy atom. The van der Waals surface area contributed by atoms with E-state index in [1.807, 2.05) is 0 Å². The summed E-state index contributed by atoms with van der Waals surface area (Å²) in [5, 5.41) is 2.30. The number of ether oxygens (including phenoxy) is 3. The van der Waals surface area contributed by atoms with Crippen molar-refractivity contribution in [2.75, 3.05) is 26.9 Å². The fraction of sp³-hybridized carbons (Fsp3) is 0.714. The fourth-order valence-corrected chi connectivity index (χ4v) is 0.846. The van der Waals surface area contributed by atoms with Crippen molar-refractivity contribution >= 4 is 12.1 Å². The molecule has 1 aliphatic rings. The van der Waals surface area contributed by atoms with Crippen LogP contribution < -0.4 is 5.32 Å². The van der Waals surface area contributed by atoms with Crippen LogP contribution in [-0.2, 0) is 19.0 Å². The third-order valence-corrected chi connectivity index (χ3v) is 1.49. The number of carbonyl (C=O) groups excluding carboxylic acids is 2. The van der Waals surface area contributed by atoms with E-state index < -0.39 is 18.1 Å². The van der Waals surface area contributed by atoms with Crippen LogP contribution in [0.25, 0.3) is 0 Å². The van der Waals surface area contributed by atoms with E-state index in [4.69, 9.17) is 9.47 Å². The topological polar surface area (TPSA) is 73.9 Å². The Balaban J connectivity index is 2.14. The molecule has 0 aromatic heterocycles. The molecule has 0 bridgehead atoms. The monoisotopic (exact) mass is 189 g/mol. The highest BCUT2D eigenvalue weighted by Gasteiger charge is 2.32. The van der Waals surface area contributed by atoms with Gasteiger partial charge in [-0.15, -0.1) is 0 Å². The molecule has 1 saturated heterocycles. The minimum absolute atomic E-state index is 0.119. The van der Waals surface area contributed by atoms with E-state index in [1.165, 1.54) is 0 Å². The lowest BCUT2D eigenvalue weighted by atomic mass is 10.3. The zero-order valence-electron chi connectivity index (χ0n) is 7.24. The average molecular weight is 189 g/mol. The molecule has 0 spiro atoms. The van der Waals surface area contributed by atoms with E-state index in [9.17, 15) is 9.59 Å². The first-order valence-electron chi connectivity index (χ1n) is 3.83. The molecule has 13 heavy (non-hydrogen) atoms. The Kier molecular flexibility index (Phi) is 3.66. The van der Waals surface area contributed by atoms with E-state index in [-0.39, 0.29) is 6.61 Å². The minimum atomic E-state index is -0.717. The Hall–Kier alpha value is -1.14. The lowest BCUT2D eigenvalue weighted by molar-refractivity contribution is -0.136. The molecule has 1 atom stereocenters. The number of esters is 1. The van der Waals surface area contributed by atoms with Gasteiger partial charge >= 0.3 is 12.1 Å². The van der Waals surface area contributed by atoms with Gasteiger partial charge < -0.3 is 19.5 Å². The van der Waals surface area contributed by atoms with Gasteiger partial charge in [-0.3, -0.25) is 0 Å². The maximum absolute atomic E-state index is 10.8. The molecular formula is C7H11NO5. The maximum atomic E-state index is 10.8. The van der Waals surface area contributed by atoms with E-state index in [1.54, 1.807) is 7.11 Å². The fourth-order valence-electron chi connectivity index (χ4n) is 0.846. The summed E-state index contributed by atoms with van der Waals surface area (Å²) in [7, 11) is 1.55. The average Bonchev–Trinajstić information content (AvgIpc) is 2.39. The molecule has 1 unspecified atom stereocenters. The number of rotatable bonds is 5. The number of hydrogen-bond donors (Lipinski definition) is 1. The normalized spacial score (nSPS) is 21.5. The van der Waals surface area contributed by atoms with Gasteiger partial charge in [0.1, 0.15) is 0 Å². The number of alkyl carbamates (subject to hydrolysis) is 1. The second-order valence-electron chi connectivity index (χ2n) is 2.47. The summed E-state index contributed by atoms with van der Waals surface area (Å²) < 4.78 is 14.0. The van der Waals surface area contributed by atoms with Crippen LogP contribution in [0.5, 0.6) is 0 Å². The largest absolute Gasteiger partial charge is 0.415 e. The second-order valence-corrected chi connectivity index (χ2v) is 2.47. The molecule has 1 N–H and O–H groups in total.